The maximum Gasteiger partial charge on any atom is 0.121 e. The molecule has 2 unspecified atom stereocenters. The fourth-order valence-corrected chi connectivity index (χ4v) is 3.53. The zero-order valence-corrected chi connectivity index (χ0v) is 16.3. The van der Waals surface area contributed by atoms with E-state index in [1.54, 1.807) is 0 Å². The Balaban J connectivity index is 1.22. The Labute approximate surface area is 166 Å². The minimum Gasteiger partial charge on any atom is -0.491 e. The molecule has 0 aromatic heterocycles. The Kier molecular flexibility index (Phi) is 6.68. The van der Waals surface area contributed by atoms with Gasteiger partial charge in [0, 0.05) is 31.5 Å². The van der Waals surface area contributed by atoms with Crippen molar-refractivity contribution in [2.75, 3.05) is 31.7 Å². The zero-order valence-electron chi connectivity index (χ0n) is 16.3. The molecule has 0 aliphatic carbocycles. The van der Waals surface area contributed by atoms with Crippen molar-refractivity contribution >= 4 is 5.69 Å². The molecule has 2 heterocycles. The van der Waals surface area contributed by atoms with Gasteiger partial charge in [-0.25, -0.2) is 0 Å². The molecule has 28 heavy (non-hydrogen) atoms. The van der Waals surface area contributed by atoms with E-state index in [0.29, 0.717) is 13.2 Å². The molecule has 0 bridgehead atoms. The second kappa shape index (κ2) is 9.80. The van der Waals surface area contributed by atoms with Crippen molar-refractivity contribution in [3.05, 3.63) is 54.1 Å². The highest BCUT2D eigenvalue weighted by Crippen LogP contribution is 2.21. The smallest absolute Gasteiger partial charge is 0.121 e. The summed E-state index contributed by atoms with van der Waals surface area (Å²) < 4.78 is 22.9. The molecular weight excluding hydrogens is 354 g/mol. The van der Waals surface area contributed by atoms with Gasteiger partial charge in [-0.1, -0.05) is 18.2 Å². The standard InChI is InChI=1S/C23H29NO4/c1-4-19(14-21(5-1)28-17-23-7-3-13-26-23)24-15-18-8-10-20(11-9-18)27-16-22-6-2-12-25-22/h1,4-5,8-11,14,22-24H,2-3,6-7,12-13,15-17H2. The lowest BCUT2D eigenvalue weighted by Crippen LogP contribution is -2.16. The summed E-state index contributed by atoms with van der Waals surface area (Å²) in [6, 6.07) is 16.3. The van der Waals surface area contributed by atoms with Crippen LogP contribution in [0.3, 0.4) is 0 Å². The molecule has 2 saturated heterocycles. The second-order valence-electron chi connectivity index (χ2n) is 7.42. The van der Waals surface area contributed by atoms with Crippen LogP contribution in [0.1, 0.15) is 31.2 Å². The predicted molar refractivity (Wildman–Crippen MR) is 109 cm³/mol. The third-order valence-electron chi connectivity index (χ3n) is 5.17. The van der Waals surface area contributed by atoms with Gasteiger partial charge in [0.25, 0.3) is 0 Å². The Morgan fingerprint density at radius 1 is 0.821 bits per heavy atom. The molecule has 0 spiro atoms. The third kappa shape index (κ3) is 5.63. The molecule has 4 rings (SSSR count). The first-order valence-electron chi connectivity index (χ1n) is 10.3. The van der Waals surface area contributed by atoms with E-state index >= 15 is 0 Å². The van der Waals surface area contributed by atoms with Gasteiger partial charge in [0.1, 0.15) is 24.7 Å². The first-order valence-corrected chi connectivity index (χ1v) is 10.3. The van der Waals surface area contributed by atoms with Crippen molar-refractivity contribution in [2.24, 2.45) is 0 Å². The van der Waals surface area contributed by atoms with Gasteiger partial charge in [0.15, 0.2) is 0 Å². The van der Waals surface area contributed by atoms with Crippen molar-refractivity contribution in [1.82, 2.24) is 0 Å². The number of rotatable bonds is 9. The van der Waals surface area contributed by atoms with E-state index < -0.39 is 0 Å². The van der Waals surface area contributed by atoms with Crippen LogP contribution in [0.25, 0.3) is 0 Å². The molecule has 2 atom stereocenters. The largest absolute Gasteiger partial charge is 0.491 e. The monoisotopic (exact) mass is 383 g/mol. The second-order valence-corrected chi connectivity index (χ2v) is 7.42. The van der Waals surface area contributed by atoms with Gasteiger partial charge in [-0.05, 0) is 55.5 Å². The molecular formula is C23H29NO4. The summed E-state index contributed by atoms with van der Waals surface area (Å²) in [7, 11) is 0. The van der Waals surface area contributed by atoms with E-state index in [1.165, 1.54) is 5.56 Å². The summed E-state index contributed by atoms with van der Waals surface area (Å²) in [4.78, 5) is 0. The summed E-state index contributed by atoms with van der Waals surface area (Å²) in [5.41, 5.74) is 2.25. The van der Waals surface area contributed by atoms with Crippen molar-refractivity contribution in [1.29, 1.82) is 0 Å². The van der Waals surface area contributed by atoms with Gasteiger partial charge >= 0.3 is 0 Å². The van der Waals surface area contributed by atoms with Crippen LogP contribution in [-0.2, 0) is 16.0 Å². The maximum absolute atomic E-state index is 5.88. The van der Waals surface area contributed by atoms with E-state index in [4.69, 9.17) is 18.9 Å². The first kappa shape index (κ1) is 19.1. The molecule has 150 valence electrons. The average molecular weight is 383 g/mol. The summed E-state index contributed by atoms with van der Waals surface area (Å²) in [5, 5.41) is 3.45. The Morgan fingerprint density at radius 3 is 2.14 bits per heavy atom. The lowest BCUT2D eigenvalue weighted by Gasteiger charge is -2.13. The van der Waals surface area contributed by atoms with Crippen LogP contribution in [0.5, 0.6) is 11.5 Å². The molecule has 0 amide bonds. The lowest BCUT2D eigenvalue weighted by molar-refractivity contribution is 0.0679. The normalized spacial score (nSPS) is 21.6. The molecule has 5 nitrogen and oxygen atoms in total. The van der Waals surface area contributed by atoms with Crippen LogP contribution >= 0.6 is 0 Å². The maximum atomic E-state index is 5.88. The Morgan fingerprint density at radius 2 is 1.50 bits per heavy atom. The van der Waals surface area contributed by atoms with Gasteiger partial charge < -0.3 is 24.3 Å². The van der Waals surface area contributed by atoms with Crippen LogP contribution in [0.4, 0.5) is 5.69 Å². The fraction of sp³-hybridized carbons (Fsp3) is 0.478. The quantitative estimate of drug-likeness (QED) is 0.695. The minimum atomic E-state index is 0.234. The molecule has 2 fully saturated rings. The first-order chi connectivity index (χ1) is 13.8. The highest BCUT2D eigenvalue weighted by Gasteiger charge is 2.16. The topological polar surface area (TPSA) is 49.0 Å². The fourth-order valence-electron chi connectivity index (χ4n) is 3.53. The Bertz CT molecular complexity index is 722. The van der Waals surface area contributed by atoms with Gasteiger partial charge in [-0.15, -0.1) is 0 Å². The molecule has 5 heteroatoms. The summed E-state index contributed by atoms with van der Waals surface area (Å²) >= 11 is 0. The minimum absolute atomic E-state index is 0.234. The number of ether oxygens (including phenoxy) is 4. The van der Waals surface area contributed by atoms with Crippen LogP contribution in [0.15, 0.2) is 48.5 Å². The van der Waals surface area contributed by atoms with Gasteiger partial charge in [0.2, 0.25) is 0 Å². The lowest BCUT2D eigenvalue weighted by atomic mass is 10.2. The summed E-state index contributed by atoms with van der Waals surface area (Å²) in [6.45, 7) is 3.72. The molecule has 2 aliphatic heterocycles. The number of benzene rings is 2. The van der Waals surface area contributed by atoms with Gasteiger partial charge in [0.05, 0.1) is 12.2 Å². The molecule has 0 radical (unpaired) electrons. The molecule has 1 N–H and O–H groups in total. The van der Waals surface area contributed by atoms with Crippen LogP contribution in [-0.4, -0.2) is 38.6 Å². The summed E-state index contributed by atoms with van der Waals surface area (Å²) in [5.74, 6) is 1.77. The summed E-state index contributed by atoms with van der Waals surface area (Å²) in [6.07, 6.45) is 4.94. The van der Waals surface area contributed by atoms with E-state index in [1.807, 2.05) is 30.3 Å². The van der Waals surface area contributed by atoms with E-state index in [9.17, 15) is 0 Å². The Hall–Kier alpha value is -2.24. The van der Waals surface area contributed by atoms with Crippen molar-refractivity contribution in [3.63, 3.8) is 0 Å². The number of nitrogens with one attached hydrogen (secondary N) is 1. The average Bonchev–Trinajstić information content (AvgIpc) is 3.44. The van der Waals surface area contributed by atoms with Crippen LogP contribution < -0.4 is 14.8 Å². The highest BCUT2D eigenvalue weighted by atomic mass is 16.5. The van der Waals surface area contributed by atoms with Crippen molar-refractivity contribution < 1.29 is 18.9 Å². The molecule has 2 aromatic carbocycles. The van der Waals surface area contributed by atoms with E-state index in [0.717, 1.165) is 62.6 Å². The molecule has 2 aromatic rings. The number of anilines is 1. The number of hydrogen-bond acceptors (Lipinski definition) is 5. The zero-order chi connectivity index (χ0) is 19.0. The highest BCUT2D eigenvalue weighted by molar-refractivity contribution is 5.48. The van der Waals surface area contributed by atoms with E-state index in [2.05, 4.69) is 23.5 Å². The van der Waals surface area contributed by atoms with Gasteiger partial charge in [-0.3, -0.25) is 0 Å². The van der Waals surface area contributed by atoms with Gasteiger partial charge in [-0.2, -0.15) is 0 Å². The predicted octanol–water partition coefficient (Wildman–Crippen LogP) is 4.41. The third-order valence-corrected chi connectivity index (χ3v) is 5.17. The van der Waals surface area contributed by atoms with Crippen molar-refractivity contribution in [3.8, 4) is 11.5 Å². The SMILES string of the molecule is c1cc(NCc2ccc(OCC3CCCO3)cc2)cc(OCC2CCCO2)c1. The van der Waals surface area contributed by atoms with Crippen molar-refractivity contribution in [2.45, 2.75) is 44.4 Å². The van der Waals surface area contributed by atoms with Crippen LogP contribution in [0.2, 0.25) is 0 Å². The molecule has 0 saturated carbocycles. The number of hydrogen-bond donors (Lipinski definition) is 1. The van der Waals surface area contributed by atoms with E-state index in [-0.39, 0.29) is 12.2 Å². The van der Waals surface area contributed by atoms with Crippen LogP contribution in [0, 0.1) is 0 Å². The molecule has 2 aliphatic rings.